The van der Waals surface area contributed by atoms with Gasteiger partial charge in [-0.15, -0.1) is 24.0 Å². The van der Waals surface area contributed by atoms with Gasteiger partial charge in [-0.1, -0.05) is 26.7 Å². The molecule has 1 amide bonds. The molecule has 0 aliphatic carbocycles. The molecule has 0 radical (unpaired) electrons. The number of carbonyl (C=O) groups excluding carboxylic acids is 1. The highest BCUT2D eigenvalue weighted by Crippen LogP contribution is 2.19. The Bertz CT molecular complexity index is 587. The Hall–Kier alpha value is -1.33. The number of amides is 1. The number of guanidine groups is 1. The van der Waals surface area contributed by atoms with Crippen LogP contribution in [-0.4, -0.2) is 75.8 Å². The van der Waals surface area contributed by atoms with Crippen LogP contribution < -0.4 is 16.0 Å². The van der Waals surface area contributed by atoms with E-state index in [0.29, 0.717) is 30.8 Å². The maximum absolute atomic E-state index is 11.9. The zero-order valence-corrected chi connectivity index (χ0v) is 20.1. The first-order valence-electron chi connectivity index (χ1n) is 10.3. The van der Waals surface area contributed by atoms with Crippen molar-refractivity contribution in [3.8, 4) is 0 Å². The molecule has 29 heavy (non-hydrogen) atoms. The summed E-state index contributed by atoms with van der Waals surface area (Å²) in [5.41, 5.74) is 0. The lowest BCUT2D eigenvalue weighted by molar-refractivity contribution is 0.00272. The van der Waals surface area contributed by atoms with Crippen molar-refractivity contribution in [1.82, 2.24) is 20.9 Å². The summed E-state index contributed by atoms with van der Waals surface area (Å²) in [6, 6.07) is 3.80. The number of nitrogens with one attached hydrogen (secondary N) is 3. The molecule has 1 aliphatic heterocycles. The predicted molar refractivity (Wildman–Crippen MR) is 126 cm³/mol. The third-order valence-corrected chi connectivity index (χ3v) is 5.26. The minimum Gasteiger partial charge on any atom is -0.459 e. The molecule has 1 unspecified atom stereocenters. The van der Waals surface area contributed by atoms with Crippen LogP contribution in [0, 0.1) is 5.92 Å². The van der Waals surface area contributed by atoms with Gasteiger partial charge in [-0.05, 0) is 18.1 Å². The first kappa shape index (κ1) is 25.7. The number of morpholine rings is 1. The van der Waals surface area contributed by atoms with Gasteiger partial charge in [-0.3, -0.25) is 14.7 Å². The van der Waals surface area contributed by atoms with Crippen LogP contribution >= 0.6 is 24.0 Å². The second-order valence-electron chi connectivity index (χ2n) is 6.91. The summed E-state index contributed by atoms with van der Waals surface area (Å²) < 4.78 is 10.6. The number of aliphatic imine (C=N–C) groups is 1. The Morgan fingerprint density at radius 2 is 1.86 bits per heavy atom. The molecule has 9 heteroatoms. The topological polar surface area (TPSA) is 91.1 Å². The highest BCUT2D eigenvalue weighted by molar-refractivity contribution is 14.0. The van der Waals surface area contributed by atoms with Crippen molar-refractivity contribution >= 4 is 35.8 Å². The average Bonchev–Trinajstić information content (AvgIpc) is 3.28. The van der Waals surface area contributed by atoms with Crippen LogP contribution in [-0.2, 0) is 4.74 Å². The molecule has 0 saturated carbocycles. The Labute approximate surface area is 191 Å². The van der Waals surface area contributed by atoms with Crippen LogP contribution in [0.1, 0.15) is 37.2 Å². The number of ether oxygens (including phenoxy) is 1. The second-order valence-corrected chi connectivity index (χ2v) is 6.91. The maximum atomic E-state index is 11.9. The van der Waals surface area contributed by atoms with E-state index in [2.05, 4.69) is 39.7 Å². The number of furan rings is 1. The van der Waals surface area contributed by atoms with E-state index >= 15 is 0 Å². The Balaban J connectivity index is 0.00000420. The average molecular weight is 521 g/mol. The first-order chi connectivity index (χ1) is 13.7. The molecule has 1 aliphatic rings. The highest BCUT2D eigenvalue weighted by Gasteiger charge is 2.26. The summed E-state index contributed by atoms with van der Waals surface area (Å²) in [7, 11) is 1.76. The van der Waals surface area contributed by atoms with Gasteiger partial charge in [0.2, 0.25) is 0 Å². The molecule has 0 spiro atoms. The Morgan fingerprint density at radius 1 is 1.17 bits per heavy atom. The number of carbonyl (C=O) groups is 1. The number of nitrogens with zero attached hydrogens (tertiary/aromatic N) is 2. The van der Waals surface area contributed by atoms with E-state index in [1.54, 1.807) is 19.2 Å². The molecule has 1 atom stereocenters. The molecular weight excluding hydrogens is 485 g/mol. The van der Waals surface area contributed by atoms with Gasteiger partial charge in [0.15, 0.2) is 11.7 Å². The molecule has 0 bridgehead atoms. The van der Waals surface area contributed by atoms with E-state index in [1.807, 2.05) is 0 Å². The van der Waals surface area contributed by atoms with Gasteiger partial charge in [0.25, 0.3) is 5.91 Å². The van der Waals surface area contributed by atoms with E-state index in [0.717, 1.165) is 51.6 Å². The third kappa shape index (κ3) is 8.51. The number of halogens is 1. The van der Waals surface area contributed by atoms with Crippen LogP contribution in [0.2, 0.25) is 0 Å². The van der Waals surface area contributed by atoms with Gasteiger partial charge in [-0.25, -0.2) is 0 Å². The van der Waals surface area contributed by atoms with Crippen LogP contribution in [0.25, 0.3) is 0 Å². The summed E-state index contributed by atoms with van der Waals surface area (Å²) in [5, 5.41) is 9.53. The van der Waals surface area contributed by atoms with E-state index in [1.165, 1.54) is 6.26 Å². The fourth-order valence-corrected chi connectivity index (χ4v) is 3.61. The maximum Gasteiger partial charge on any atom is 0.287 e. The lowest BCUT2D eigenvalue weighted by Crippen LogP contribution is -2.53. The molecule has 166 valence electrons. The zero-order valence-electron chi connectivity index (χ0n) is 17.8. The second kappa shape index (κ2) is 14.6. The van der Waals surface area contributed by atoms with Gasteiger partial charge in [0.05, 0.1) is 19.5 Å². The van der Waals surface area contributed by atoms with Crippen LogP contribution in [0.3, 0.4) is 0 Å². The SMILES string of the molecule is CCC(CC)C(CNC(=NC)NCCNC(=O)c1ccco1)N1CCOCC1.I. The third-order valence-electron chi connectivity index (χ3n) is 5.26. The van der Waals surface area contributed by atoms with Gasteiger partial charge >= 0.3 is 0 Å². The largest absolute Gasteiger partial charge is 0.459 e. The Morgan fingerprint density at radius 3 is 2.45 bits per heavy atom. The summed E-state index contributed by atoms with van der Waals surface area (Å²) in [6.07, 6.45) is 3.81. The van der Waals surface area contributed by atoms with E-state index in [-0.39, 0.29) is 29.9 Å². The smallest absolute Gasteiger partial charge is 0.287 e. The van der Waals surface area contributed by atoms with Gasteiger partial charge in [-0.2, -0.15) is 0 Å². The van der Waals surface area contributed by atoms with Crippen molar-refractivity contribution < 1.29 is 13.9 Å². The molecule has 1 aromatic rings. The van der Waals surface area contributed by atoms with Crippen LogP contribution in [0.4, 0.5) is 0 Å². The van der Waals surface area contributed by atoms with Gasteiger partial charge < -0.3 is 25.1 Å². The van der Waals surface area contributed by atoms with Crippen LogP contribution in [0.15, 0.2) is 27.8 Å². The fourth-order valence-electron chi connectivity index (χ4n) is 3.61. The summed E-state index contributed by atoms with van der Waals surface area (Å²) >= 11 is 0. The quantitative estimate of drug-likeness (QED) is 0.189. The molecule has 1 saturated heterocycles. The number of rotatable bonds is 10. The standard InChI is InChI=1S/C20H35N5O3.HI/c1-4-16(5-2)17(25-10-13-27-14-11-25)15-24-20(21-3)23-9-8-22-19(26)18-7-6-12-28-18;/h6-7,12,16-17H,4-5,8-11,13-15H2,1-3H3,(H,22,26)(H2,21,23,24);1H. The van der Waals surface area contributed by atoms with E-state index in [9.17, 15) is 4.79 Å². The molecule has 8 nitrogen and oxygen atoms in total. The summed E-state index contributed by atoms with van der Waals surface area (Å²) in [6.45, 7) is 10.00. The molecule has 2 rings (SSSR count). The molecular formula is C20H36IN5O3. The minimum atomic E-state index is -0.212. The number of hydrogen-bond donors (Lipinski definition) is 3. The molecule has 1 fully saturated rings. The van der Waals surface area contributed by atoms with Crippen molar-refractivity contribution in [2.45, 2.75) is 32.7 Å². The lowest BCUT2D eigenvalue weighted by Gasteiger charge is -2.39. The summed E-state index contributed by atoms with van der Waals surface area (Å²) in [5.74, 6) is 1.49. The molecule has 3 N–H and O–H groups in total. The van der Waals surface area contributed by atoms with E-state index < -0.39 is 0 Å². The van der Waals surface area contributed by atoms with Gasteiger partial charge in [0.1, 0.15) is 0 Å². The number of hydrogen-bond acceptors (Lipinski definition) is 5. The molecule has 0 aromatic carbocycles. The Kier molecular flexibility index (Phi) is 13.0. The monoisotopic (exact) mass is 521 g/mol. The molecule has 1 aromatic heterocycles. The first-order valence-corrected chi connectivity index (χ1v) is 10.3. The zero-order chi connectivity index (χ0) is 20.2. The van der Waals surface area contributed by atoms with Gasteiger partial charge in [0, 0.05) is 45.8 Å². The predicted octanol–water partition coefficient (Wildman–Crippen LogP) is 1.93. The lowest BCUT2D eigenvalue weighted by atomic mass is 9.92. The van der Waals surface area contributed by atoms with E-state index in [4.69, 9.17) is 9.15 Å². The minimum absolute atomic E-state index is 0. The normalized spacial score (nSPS) is 16.2. The van der Waals surface area contributed by atoms with Crippen molar-refractivity contribution in [2.24, 2.45) is 10.9 Å². The van der Waals surface area contributed by atoms with Crippen molar-refractivity contribution in [1.29, 1.82) is 0 Å². The highest BCUT2D eigenvalue weighted by atomic mass is 127. The van der Waals surface area contributed by atoms with Crippen molar-refractivity contribution in [3.05, 3.63) is 24.2 Å². The van der Waals surface area contributed by atoms with Crippen LogP contribution in [0.5, 0.6) is 0 Å². The molecule has 2 heterocycles. The fraction of sp³-hybridized carbons (Fsp3) is 0.700. The van der Waals surface area contributed by atoms with Crippen molar-refractivity contribution in [3.63, 3.8) is 0 Å². The summed E-state index contributed by atoms with van der Waals surface area (Å²) in [4.78, 5) is 18.7. The van der Waals surface area contributed by atoms with Crippen molar-refractivity contribution in [2.75, 3.05) is 53.0 Å².